The minimum Gasteiger partial charge on any atom is -0.490 e. The number of amides is 1. The Kier molecular flexibility index (Phi) is 9.10. The molecule has 0 spiro atoms. The molecule has 0 unspecified atom stereocenters. The smallest absolute Gasteiger partial charge is 0.261 e. The number of para-hydroxylation sites is 1. The zero-order valence-electron chi connectivity index (χ0n) is 15.5. The van der Waals surface area contributed by atoms with E-state index in [0.29, 0.717) is 37.7 Å². The van der Waals surface area contributed by atoms with E-state index in [1.54, 1.807) is 30.0 Å². The fourth-order valence-corrected chi connectivity index (χ4v) is 2.85. The van der Waals surface area contributed by atoms with E-state index in [0.717, 1.165) is 5.56 Å². The highest BCUT2D eigenvalue weighted by Crippen LogP contribution is 2.18. The minimum atomic E-state index is -0.308. The van der Waals surface area contributed by atoms with Crippen molar-refractivity contribution in [1.82, 2.24) is 10.6 Å². The number of carbonyl (C=O) groups excluding carboxylic acids is 1. The van der Waals surface area contributed by atoms with Crippen LogP contribution in [0.5, 0.6) is 5.75 Å². The predicted octanol–water partition coefficient (Wildman–Crippen LogP) is 3.63. The summed E-state index contributed by atoms with van der Waals surface area (Å²) < 4.78 is 10.9. The monoisotopic (exact) mass is 404 g/mol. The molecule has 0 heterocycles. The first-order valence-corrected chi connectivity index (χ1v) is 10.3. The average molecular weight is 405 g/mol. The van der Waals surface area contributed by atoms with Gasteiger partial charge in [-0.2, -0.15) is 0 Å². The molecule has 2 aromatic carbocycles. The molecule has 2 N–H and O–H groups in total. The van der Waals surface area contributed by atoms with E-state index in [1.807, 2.05) is 31.4 Å². The van der Waals surface area contributed by atoms with Gasteiger partial charge in [0.1, 0.15) is 12.4 Å². The third kappa shape index (κ3) is 7.21. The molecule has 2 aromatic rings. The summed E-state index contributed by atoms with van der Waals surface area (Å²) >= 11 is 6.93. The molecule has 1 amide bonds. The molecule has 0 atom stereocenters. The van der Waals surface area contributed by atoms with Gasteiger partial charge in [-0.3, -0.25) is 10.1 Å². The first kappa shape index (κ1) is 21.2. The Morgan fingerprint density at radius 2 is 1.85 bits per heavy atom. The quantitative estimate of drug-likeness (QED) is 0.378. The molecule has 0 aromatic heterocycles. The molecule has 5 nitrogen and oxygen atoms in total. The van der Waals surface area contributed by atoms with Crippen LogP contribution in [0.1, 0.15) is 22.8 Å². The Labute approximate surface area is 169 Å². The molecular formula is C20H24N2O3S2. The molecule has 27 heavy (non-hydrogen) atoms. The van der Waals surface area contributed by atoms with Gasteiger partial charge in [0.25, 0.3) is 5.91 Å². The van der Waals surface area contributed by atoms with Gasteiger partial charge in [0.15, 0.2) is 5.11 Å². The summed E-state index contributed by atoms with van der Waals surface area (Å²) in [5, 5.41) is 6.02. The highest BCUT2D eigenvalue weighted by Gasteiger charge is 2.13. The van der Waals surface area contributed by atoms with E-state index < -0.39 is 0 Å². The third-order valence-corrected chi connectivity index (χ3v) is 4.65. The average Bonchev–Trinajstić information content (AvgIpc) is 2.70. The van der Waals surface area contributed by atoms with Gasteiger partial charge in [-0.25, -0.2) is 0 Å². The number of thiocarbonyl (C=S) groups is 1. The first-order valence-electron chi connectivity index (χ1n) is 8.65. The van der Waals surface area contributed by atoms with Crippen LogP contribution in [0.3, 0.4) is 0 Å². The number of hydrogen-bond donors (Lipinski definition) is 2. The highest BCUT2D eigenvalue weighted by molar-refractivity contribution is 7.98. The van der Waals surface area contributed by atoms with Crippen molar-refractivity contribution in [2.24, 2.45) is 0 Å². The van der Waals surface area contributed by atoms with Gasteiger partial charge in [0.2, 0.25) is 0 Å². The van der Waals surface area contributed by atoms with E-state index >= 15 is 0 Å². The molecular weight excluding hydrogens is 380 g/mol. The van der Waals surface area contributed by atoms with Gasteiger partial charge in [0.05, 0.1) is 12.2 Å². The maximum atomic E-state index is 12.5. The molecule has 0 fully saturated rings. The van der Waals surface area contributed by atoms with Crippen molar-refractivity contribution in [3.05, 3.63) is 59.7 Å². The van der Waals surface area contributed by atoms with Crippen LogP contribution in [0.15, 0.2) is 53.4 Å². The normalized spacial score (nSPS) is 10.3. The van der Waals surface area contributed by atoms with Crippen molar-refractivity contribution < 1.29 is 14.3 Å². The van der Waals surface area contributed by atoms with Crippen LogP contribution < -0.4 is 15.4 Å². The summed E-state index contributed by atoms with van der Waals surface area (Å²) in [7, 11) is 0. The molecule has 0 aliphatic carbocycles. The zero-order valence-corrected chi connectivity index (χ0v) is 17.1. The molecule has 0 saturated heterocycles. The number of rotatable bonds is 9. The molecule has 0 radical (unpaired) electrons. The predicted molar refractivity (Wildman–Crippen MR) is 114 cm³/mol. The maximum absolute atomic E-state index is 12.5. The second kappa shape index (κ2) is 11.6. The van der Waals surface area contributed by atoms with Gasteiger partial charge in [-0.1, -0.05) is 24.3 Å². The Morgan fingerprint density at radius 1 is 1.11 bits per heavy atom. The van der Waals surface area contributed by atoms with Crippen LogP contribution in [0.2, 0.25) is 0 Å². The standard InChI is InChI=1S/C20H24N2O3S2/c1-3-24-12-13-25-18-7-5-4-6-17(18)19(23)22-20(26)21-14-15-8-10-16(27-2)11-9-15/h4-11H,3,12-14H2,1-2H3,(H2,21,22,23,26). The summed E-state index contributed by atoms with van der Waals surface area (Å²) in [4.78, 5) is 13.7. The first-order chi connectivity index (χ1) is 13.1. The third-order valence-electron chi connectivity index (χ3n) is 3.66. The van der Waals surface area contributed by atoms with Gasteiger partial charge in [-0.05, 0) is 55.2 Å². The van der Waals surface area contributed by atoms with E-state index in [9.17, 15) is 4.79 Å². The molecule has 144 valence electrons. The van der Waals surface area contributed by atoms with Crippen LogP contribution in [-0.4, -0.2) is 37.1 Å². The SMILES string of the molecule is CCOCCOc1ccccc1C(=O)NC(=S)NCc1ccc(SC)cc1. The lowest BCUT2D eigenvalue weighted by Crippen LogP contribution is -2.39. The molecule has 0 saturated carbocycles. The summed E-state index contributed by atoms with van der Waals surface area (Å²) in [6.07, 6.45) is 2.04. The van der Waals surface area contributed by atoms with Crippen molar-refractivity contribution in [2.75, 3.05) is 26.1 Å². The minimum absolute atomic E-state index is 0.276. The van der Waals surface area contributed by atoms with Crippen molar-refractivity contribution in [3.63, 3.8) is 0 Å². The molecule has 0 aliphatic rings. The summed E-state index contributed by atoms with van der Waals surface area (Å²) in [5.41, 5.74) is 1.52. The van der Waals surface area contributed by atoms with E-state index in [2.05, 4.69) is 22.8 Å². The van der Waals surface area contributed by atoms with Crippen LogP contribution in [0, 0.1) is 0 Å². The number of thioether (sulfide) groups is 1. The molecule has 0 bridgehead atoms. The lowest BCUT2D eigenvalue weighted by molar-refractivity contribution is 0.0957. The number of carbonyl (C=O) groups is 1. The second-order valence-corrected chi connectivity index (χ2v) is 6.81. The summed E-state index contributed by atoms with van der Waals surface area (Å²) in [6, 6.07) is 15.2. The van der Waals surface area contributed by atoms with E-state index in [1.165, 1.54) is 4.90 Å². The fraction of sp³-hybridized carbons (Fsp3) is 0.300. The lowest BCUT2D eigenvalue weighted by Gasteiger charge is -2.13. The van der Waals surface area contributed by atoms with Gasteiger partial charge in [-0.15, -0.1) is 11.8 Å². The molecule has 7 heteroatoms. The second-order valence-electron chi connectivity index (χ2n) is 5.53. The van der Waals surface area contributed by atoms with Crippen LogP contribution in [-0.2, 0) is 11.3 Å². The van der Waals surface area contributed by atoms with E-state index in [-0.39, 0.29) is 11.0 Å². The number of benzene rings is 2. The largest absolute Gasteiger partial charge is 0.490 e. The molecule has 0 aliphatic heterocycles. The number of nitrogens with one attached hydrogen (secondary N) is 2. The maximum Gasteiger partial charge on any atom is 0.261 e. The number of hydrogen-bond acceptors (Lipinski definition) is 5. The lowest BCUT2D eigenvalue weighted by atomic mass is 10.2. The zero-order chi connectivity index (χ0) is 19.5. The van der Waals surface area contributed by atoms with Gasteiger partial charge in [0, 0.05) is 18.0 Å². The van der Waals surface area contributed by atoms with Crippen molar-refractivity contribution in [2.45, 2.75) is 18.4 Å². The number of ether oxygens (including phenoxy) is 2. The topological polar surface area (TPSA) is 59.6 Å². The van der Waals surface area contributed by atoms with Crippen LogP contribution in [0.4, 0.5) is 0 Å². The summed E-state index contributed by atoms with van der Waals surface area (Å²) in [5.74, 6) is 0.197. The Morgan fingerprint density at radius 3 is 2.56 bits per heavy atom. The molecule has 2 rings (SSSR count). The van der Waals surface area contributed by atoms with Gasteiger partial charge >= 0.3 is 0 Å². The summed E-state index contributed by atoms with van der Waals surface area (Å²) in [6.45, 7) is 3.95. The Hall–Kier alpha value is -2.09. The van der Waals surface area contributed by atoms with Crippen LogP contribution in [0.25, 0.3) is 0 Å². The van der Waals surface area contributed by atoms with Crippen LogP contribution >= 0.6 is 24.0 Å². The van der Waals surface area contributed by atoms with E-state index in [4.69, 9.17) is 21.7 Å². The van der Waals surface area contributed by atoms with Crippen molar-refractivity contribution >= 4 is 35.0 Å². The van der Waals surface area contributed by atoms with Crippen molar-refractivity contribution in [1.29, 1.82) is 0 Å². The Bertz CT molecular complexity index is 751. The van der Waals surface area contributed by atoms with Crippen molar-refractivity contribution in [3.8, 4) is 5.75 Å². The Balaban J connectivity index is 1.87. The fourth-order valence-electron chi connectivity index (χ4n) is 2.28. The highest BCUT2D eigenvalue weighted by atomic mass is 32.2. The van der Waals surface area contributed by atoms with Gasteiger partial charge < -0.3 is 14.8 Å².